The Morgan fingerprint density at radius 1 is 1.26 bits per heavy atom. The zero-order chi connectivity index (χ0) is 19.1. The fraction of sp³-hybridized carbons (Fsp3) is 0.381. The zero-order valence-electron chi connectivity index (χ0n) is 15.9. The van der Waals surface area contributed by atoms with Crippen LogP contribution >= 0.6 is 0 Å². The Morgan fingerprint density at radius 3 is 2.93 bits per heavy atom. The van der Waals surface area contributed by atoms with Gasteiger partial charge in [-0.25, -0.2) is 0 Å². The standard InChI is InChI=1S/C21H27N3O3/c1-3-22-21(23-13-11-15-7-6-10-19(26-2)20(15)25)24-17-12-14-27-18-9-5-4-8-16(17)18/h4-10,17,25H,3,11-14H2,1-2H3,(H2,22,23,24). The summed E-state index contributed by atoms with van der Waals surface area (Å²) in [7, 11) is 1.55. The number of para-hydroxylation sites is 2. The SMILES string of the molecule is CCNC(=NCCc1cccc(OC)c1O)NC1CCOc2ccccc21. The van der Waals surface area contributed by atoms with Crippen molar-refractivity contribution in [2.45, 2.75) is 25.8 Å². The lowest BCUT2D eigenvalue weighted by atomic mass is 10.0. The number of benzene rings is 2. The Hall–Kier alpha value is -2.89. The molecule has 1 heterocycles. The Labute approximate surface area is 160 Å². The largest absolute Gasteiger partial charge is 0.504 e. The molecule has 0 aromatic heterocycles. The van der Waals surface area contributed by atoms with E-state index in [0.717, 1.165) is 35.8 Å². The third kappa shape index (κ3) is 4.64. The molecule has 0 aliphatic carbocycles. The van der Waals surface area contributed by atoms with Gasteiger partial charge in [-0.3, -0.25) is 4.99 Å². The topological polar surface area (TPSA) is 75.1 Å². The second-order valence-corrected chi connectivity index (χ2v) is 6.35. The first kappa shape index (κ1) is 18.9. The van der Waals surface area contributed by atoms with Crippen LogP contribution in [-0.2, 0) is 6.42 Å². The van der Waals surface area contributed by atoms with Gasteiger partial charge in [0.2, 0.25) is 0 Å². The monoisotopic (exact) mass is 369 g/mol. The molecule has 0 spiro atoms. The Bertz CT molecular complexity index is 792. The summed E-state index contributed by atoms with van der Waals surface area (Å²) in [5.74, 6) is 2.37. The number of nitrogens with one attached hydrogen (secondary N) is 2. The van der Waals surface area contributed by atoms with E-state index >= 15 is 0 Å². The number of hydrogen-bond donors (Lipinski definition) is 3. The second kappa shape index (κ2) is 9.16. The molecular formula is C21H27N3O3. The number of nitrogens with zero attached hydrogens (tertiary/aromatic N) is 1. The van der Waals surface area contributed by atoms with Crippen molar-refractivity contribution in [2.24, 2.45) is 4.99 Å². The Kier molecular flexibility index (Phi) is 6.41. The van der Waals surface area contributed by atoms with E-state index in [4.69, 9.17) is 9.47 Å². The van der Waals surface area contributed by atoms with Gasteiger partial charge < -0.3 is 25.2 Å². The summed E-state index contributed by atoms with van der Waals surface area (Å²) in [5, 5.41) is 17.0. The fourth-order valence-corrected chi connectivity index (χ4v) is 3.20. The summed E-state index contributed by atoms with van der Waals surface area (Å²) in [4.78, 5) is 4.67. The van der Waals surface area contributed by atoms with Crippen molar-refractivity contribution in [3.8, 4) is 17.2 Å². The molecule has 6 nitrogen and oxygen atoms in total. The maximum atomic E-state index is 10.2. The molecule has 0 amide bonds. The van der Waals surface area contributed by atoms with Gasteiger partial charge in [-0.15, -0.1) is 0 Å². The average Bonchev–Trinajstić information content (AvgIpc) is 2.69. The summed E-state index contributed by atoms with van der Waals surface area (Å²) in [6.45, 7) is 4.07. The summed E-state index contributed by atoms with van der Waals surface area (Å²) < 4.78 is 10.9. The summed E-state index contributed by atoms with van der Waals surface area (Å²) >= 11 is 0. The highest BCUT2D eigenvalue weighted by Gasteiger charge is 2.21. The van der Waals surface area contributed by atoms with E-state index in [2.05, 4.69) is 21.7 Å². The molecule has 0 fully saturated rings. The molecule has 144 valence electrons. The van der Waals surface area contributed by atoms with Crippen LogP contribution in [0.25, 0.3) is 0 Å². The quantitative estimate of drug-likeness (QED) is 0.539. The van der Waals surface area contributed by atoms with E-state index in [1.165, 1.54) is 0 Å². The molecule has 2 aromatic rings. The van der Waals surface area contributed by atoms with Gasteiger partial charge in [-0.2, -0.15) is 0 Å². The Morgan fingerprint density at radius 2 is 2.11 bits per heavy atom. The molecule has 1 aliphatic heterocycles. The normalized spacial score (nSPS) is 16.2. The number of methoxy groups -OCH3 is 1. The molecule has 0 bridgehead atoms. The first-order valence-electron chi connectivity index (χ1n) is 9.34. The van der Waals surface area contributed by atoms with Crippen LogP contribution in [0, 0.1) is 0 Å². The molecule has 2 aromatic carbocycles. The van der Waals surface area contributed by atoms with Crippen LogP contribution in [-0.4, -0.2) is 37.9 Å². The van der Waals surface area contributed by atoms with Crippen LogP contribution in [0.3, 0.4) is 0 Å². The lowest BCUT2D eigenvalue weighted by molar-refractivity contribution is 0.261. The third-order valence-electron chi connectivity index (χ3n) is 4.57. The van der Waals surface area contributed by atoms with Gasteiger partial charge in [0.25, 0.3) is 0 Å². The number of rotatable bonds is 6. The number of phenolic OH excluding ortho intramolecular Hbond substituents is 1. The molecule has 3 rings (SSSR count). The van der Waals surface area contributed by atoms with Crippen molar-refractivity contribution in [1.29, 1.82) is 0 Å². The number of ether oxygens (including phenoxy) is 2. The van der Waals surface area contributed by atoms with Crippen molar-refractivity contribution in [3.63, 3.8) is 0 Å². The van der Waals surface area contributed by atoms with E-state index < -0.39 is 0 Å². The van der Waals surface area contributed by atoms with Gasteiger partial charge in [0.15, 0.2) is 17.5 Å². The van der Waals surface area contributed by atoms with E-state index in [0.29, 0.717) is 25.3 Å². The summed E-state index contributed by atoms with van der Waals surface area (Å²) in [6, 6.07) is 13.8. The maximum absolute atomic E-state index is 10.2. The van der Waals surface area contributed by atoms with Crippen molar-refractivity contribution in [2.75, 3.05) is 26.8 Å². The minimum absolute atomic E-state index is 0.165. The first-order valence-corrected chi connectivity index (χ1v) is 9.34. The number of aliphatic imine (C=N–C) groups is 1. The van der Waals surface area contributed by atoms with Crippen molar-refractivity contribution in [1.82, 2.24) is 10.6 Å². The number of fused-ring (bicyclic) bond motifs is 1. The molecule has 0 saturated heterocycles. The molecule has 27 heavy (non-hydrogen) atoms. The predicted molar refractivity (Wildman–Crippen MR) is 107 cm³/mol. The maximum Gasteiger partial charge on any atom is 0.191 e. The van der Waals surface area contributed by atoms with Gasteiger partial charge in [0.1, 0.15) is 5.75 Å². The lowest BCUT2D eigenvalue weighted by Crippen LogP contribution is -2.41. The predicted octanol–water partition coefficient (Wildman–Crippen LogP) is 3.02. The van der Waals surface area contributed by atoms with Crippen molar-refractivity contribution >= 4 is 5.96 Å². The molecule has 1 atom stereocenters. The molecular weight excluding hydrogens is 342 g/mol. The van der Waals surface area contributed by atoms with E-state index in [9.17, 15) is 5.11 Å². The minimum atomic E-state index is 0.165. The minimum Gasteiger partial charge on any atom is -0.504 e. The summed E-state index contributed by atoms with van der Waals surface area (Å²) in [5.41, 5.74) is 1.98. The average molecular weight is 369 g/mol. The van der Waals surface area contributed by atoms with Crippen LogP contribution < -0.4 is 20.1 Å². The third-order valence-corrected chi connectivity index (χ3v) is 4.57. The van der Waals surface area contributed by atoms with Gasteiger partial charge in [-0.05, 0) is 31.0 Å². The fourth-order valence-electron chi connectivity index (χ4n) is 3.20. The van der Waals surface area contributed by atoms with Crippen LogP contribution in [0.2, 0.25) is 0 Å². The van der Waals surface area contributed by atoms with Crippen LogP contribution in [0.4, 0.5) is 0 Å². The number of aromatic hydroxyl groups is 1. The molecule has 0 radical (unpaired) electrons. The van der Waals surface area contributed by atoms with Crippen LogP contribution in [0.1, 0.15) is 30.5 Å². The number of phenols is 1. The molecule has 0 saturated carbocycles. The van der Waals surface area contributed by atoms with Gasteiger partial charge in [-0.1, -0.05) is 30.3 Å². The highest BCUT2D eigenvalue weighted by molar-refractivity contribution is 5.80. The van der Waals surface area contributed by atoms with Crippen LogP contribution in [0.15, 0.2) is 47.5 Å². The molecule has 6 heteroatoms. The smallest absolute Gasteiger partial charge is 0.191 e. The van der Waals surface area contributed by atoms with Crippen LogP contribution in [0.5, 0.6) is 17.2 Å². The van der Waals surface area contributed by atoms with Gasteiger partial charge >= 0.3 is 0 Å². The highest BCUT2D eigenvalue weighted by Crippen LogP contribution is 2.31. The van der Waals surface area contributed by atoms with Crippen molar-refractivity contribution in [3.05, 3.63) is 53.6 Å². The number of hydrogen-bond acceptors (Lipinski definition) is 4. The molecule has 1 unspecified atom stereocenters. The zero-order valence-corrected chi connectivity index (χ0v) is 15.9. The first-order chi connectivity index (χ1) is 13.2. The Balaban J connectivity index is 1.67. The number of guanidine groups is 1. The van der Waals surface area contributed by atoms with E-state index in [1.807, 2.05) is 37.3 Å². The van der Waals surface area contributed by atoms with Gasteiger partial charge in [0.05, 0.1) is 19.8 Å². The lowest BCUT2D eigenvalue weighted by Gasteiger charge is -2.28. The highest BCUT2D eigenvalue weighted by atomic mass is 16.5. The molecule has 1 aliphatic rings. The van der Waals surface area contributed by atoms with Gasteiger partial charge in [0, 0.05) is 25.1 Å². The second-order valence-electron chi connectivity index (χ2n) is 6.35. The van der Waals surface area contributed by atoms with Crippen molar-refractivity contribution < 1.29 is 14.6 Å². The van der Waals surface area contributed by atoms with E-state index in [1.54, 1.807) is 13.2 Å². The van der Waals surface area contributed by atoms with E-state index in [-0.39, 0.29) is 11.8 Å². The molecule has 3 N–H and O–H groups in total. The summed E-state index contributed by atoms with van der Waals surface area (Å²) in [6.07, 6.45) is 1.52.